The number of likely N-dealkylation sites (N-methyl/N-ethyl adjacent to an activating group) is 1. The summed E-state index contributed by atoms with van der Waals surface area (Å²) in [5.74, 6) is 0.519. The van der Waals surface area contributed by atoms with Crippen molar-refractivity contribution in [3.63, 3.8) is 0 Å². The monoisotopic (exact) mass is 371 g/mol. The fraction of sp³-hybridized carbons (Fsp3) is 0.333. The van der Waals surface area contributed by atoms with Crippen LogP contribution in [0.5, 0.6) is 5.75 Å². The van der Waals surface area contributed by atoms with Gasteiger partial charge in [0.1, 0.15) is 5.82 Å². The molecule has 0 aliphatic carbocycles. The van der Waals surface area contributed by atoms with E-state index in [4.69, 9.17) is 4.74 Å². The van der Waals surface area contributed by atoms with Gasteiger partial charge in [-0.2, -0.15) is 0 Å². The van der Waals surface area contributed by atoms with Crippen LogP contribution in [0.3, 0.4) is 0 Å². The van der Waals surface area contributed by atoms with Crippen LogP contribution in [0.25, 0.3) is 0 Å². The number of amides is 1. The molecular weight excluding hydrogens is 350 g/mol. The molecule has 0 radical (unpaired) electrons. The van der Waals surface area contributed by atoms with Crippen LogP contribution in [-0.4, -0.2) is 61.1 Å². The van der Waals surface area contributed by atoms with Gasteiger partial charge < -0.3 is 19.9 Å². The van der Waals surface area contributed by atoms with Crippen molar-refractivity contribution in [2.45, 2.75) is 0 Å². The number of nitrogens with zero attached hydrogens (tertiary/aromatic N) is 4. The number of pyridine rings is 1. The number of benzene rings is 1. The highest BCUT2D eigenvalue weighted by atomic mass is 16.6. The summed E-state index contributed by atoms with van der Waals surface area (Å²) in [5, 5.41) is 13.8. The van der Waals surface area contributed by atoms with Crippen LogP contribution < -0.4 is 15.0 Å². The van der Waals surface area contributed by atoms with E-state index < -0.39 is 10.8 Å². The predicted octanol–water partition coefficient (Wildman–Crippen LogP) is 2.00. The Kier molecular flexibility index (Phi) is 5.51. The summed E-state index contributed by atoms with van der Waals surface area (Å²) in [7, 11) is 3.43. The Morgan fingerprint density at radius 3 is 2.56 bits per heavy atom. The molecule has 0 spiro atoms. The van der Waals surface area contributed by atoms with E-state index >= 15 is 0 Å². The topological polar surface area (TPSA) is 101 Å². The summed E-state index contributed by atoms with van der Waals surface area (Å²) < 4.78 is 4.95. The molecular formula is C18H21N5O4. The molecule has 2 heterocycles. The fourth-order valence-corrected chi connectivity index (χ4v) is 2.86. The van der Waals surface area contributed by atoms with Crippen LogP contribution in [0, 0.1) is 10.1 Å². The third-order valence-corrected chi connectivity index (χ3v) is 4.47. The highest BCUT2D eigenvalue weighted by Gasteiger charge is 2.19. The molecule has 0 unspecified atom stereocenters. The number of aromatic nitrogens is 1. The zero-order chi connectivity index (χ0) is 19.4. The second kappa shape index (κ2) is 8.00. The molecule has 9 nitrogen and oxygen atoms in total. The van der Waals surface area contributed by atoms with Crippen molar-refractivity contribution in [2.75, 3.05) is 50.6 Å². The molecule has 1 aromatic carbocycles. The minimum absolute atomic E-state index is 0.106. The van der Waals surface area contributed by atoms with Crippen molar-refractivity contribution in [1.82, 2.24) is 9.88 Å². The van der Waals surface area contributed by atoms with Gasteiger partial charge in [0.15, 0.2) is 5.75 Å². The van der Waals surface area contributed by atoms with E-state index in [2.05, 4.69) is 27.1 Å². The highest BCUT2D eigenvalue weighted by Crippen LogP contribution is 2.28. The Labute approximate surface area is 156 Å². The molecule has 1 N–H and O–H groups in total. The Morgan fingerprint density at radius 1 is 1.22 bits per heavy atom. The third kappa shape index (κ3) is 4.32. The summed E-state index contributed by atoms with van der Waals surface area (Å²) in [6.07, 6.45) is 1.59. The summed E-state index contributed by atoms with van der Waals surface area (Å²) in [4.78, 5) is 31.8. The van der Waals surface area contributed by atoms with E-state index in [-0.39, 0.29) is 17.0 Å². The number of nitro benzene ring substituents is 1. The van der Waals surface area contributed by atoms with Crippen LogP contribution in [-0.2, 0) is 0 Å². The quantitative estimate of drug-likeness (QED) is 0.634. The van der Waals surface area contributed by atoms with Gasteiger partial charge in [-0.15, -0.1) is 0 Å². The molecule has 1 aliphatic heterocycles. The lowest BCUT2D eigenvalue weighted by Gasteiger charge is -2.33. The van der Waals surface area contributed by atoms with E-state index in [0.29, 0.717) is 5.69 Å². The van der Waals surface area contributed by atoms with Crippen molar-refractivity contribution in [3.8, 4) is 5.75 Å². The van der Waals surface area contributed by atoms with Crippen LogP contribution in [0.4, 0.5) is 17.2 Å². The largest absolute Gasteiger partial charge is 0.490 e. The summed E-state index contributed by atoms with van der Waals surface area (Å²) >= 11 is 0. The maximum Gasteiger partial charge on any atom is 0.311 e. The van der Waals surface area contributed by atoms with Crippen LogP contribution in [0.1, 0.15) is 10.4 Å². The van der Waals surface area contributed by atoms with Crippen molar-refractivity contribution >= 4 is 23.1 Å². The Hall–Kier alpha value is -3.20. The molecule has 1 saturated heterocycles. The van der Waals surface area contributed by atoms with Crippen LogP contribution in [0.15, 0.2) is 36.5 Å². The fourth-order valence-electron chi connectivity index (χ4n) is 2.86. The number of hydrogen-bond acceptors (Lipinski definition) is 7. The van der Waals surface area contributed by atoms with Crippen molar-refractivity contribution in [2.24, 2.45) is 0 Å². The van der Waals surface area contributed by atoms with E-state index in [1.165, 1.54) is 25.3 Å². The number of carbonyl (C=O) groups is 1. The molecule has 1 aromatic heterocycles. The first-order chi connectivity index (χ1) is 13.0. The summed E-state index contributed by atoms with van der Waals surface area (Å²) in [5.41, 5.74) is 0.440. The van der Waals surface area contributed by atoms with Gasteiger partial charge in [-0.1, -0.05) is 0 Å². The van der Waals surface area contributed by atoms with E-state index in [1.807, 2.05) is 6.07 Å². The van der Waals surface area contributed by atoms with Gasteiger partial charge in [0, 0.05) is 37.8 Å². The lowest BCUT2D eigenvalue weighted by atomic mass is 10.1. The number of hydrogen-bond donors (Lipinski definition) is 1. The van der Waals surface area contributed by atoms with Crippen molar-refractivity contribution < 1.29 is 14.5 Å². The number of nitrogens with one attached hydrogen (secondary N) is 1. The molecule has 1 fully saturated rings. The zero-order valence-corrected chi connectivity index (χ0v) is 15.2. The average Bonchev–Trinajstić information content (AvgIpc) is 2.68. The van der Waals surface area contributed by atoms with Crippen LogP contribution in [0.2, 0.25) is 0 Å². The summed E-state index contributed by atoms with van der Waals surface area (Å²) in [6.45, 7) is 3.78. The number of ether oxygens (including phenoxy) is 1. The Morgan fingerprint density at radius 2 is 1.96 bits per heavy atom. The zero-order valence-electron chi connectivity index (χ0n) is 15.2. The lowest BCUT2D eigenvalue weighted by molar-refractivity contribution is -0.385. The Balaban J connectivity index is 1.69. The third-order valence-electron chi connectivity index (χ3n) is 4.47. The van der Waals surface area contributed by atoms with Gasteiger partial charge in [-0.25, -0.2) is 4.98 Å². The van der Waals surface area contributed by atoms with Gasteiger partial charge in [-0.3, -0.25) is 14.9 Å². The van der Waals surface area contributed by atoms with Crippen LogP contribution >= 0.6 is 0 Å². The number of piperazine rings is 1. The molecule has 1 aliphatic rings. The molecule has 3 rings (SSSR count). The number of carbonyl (C=O) groups excluding carboxylic acids is 1. The predicted molar refractivity (Wildman–Crippen MR) is 102 cm³/mol. The van der Waals surface area contributed by atoms with E-state index in [0.717, 1.165) is 32.0 Å². The van der Waals surface area contributed by atoms with Gasteiger partial charge in [0.2, 0.25) is 0 Å². The molecule has 142 valence electrons. The van der Waals surface area contributed by atoms with Gasteiger partial charge >= 0.3 is 5.69 Å². The average molecular weight is 371 g/mol. The van der Waals surface area contributed by atoms with Gasteiger partial charge in [-0.05, 0) is 31.3 Å². The number of methoxy groups -OCH3 is 1. The number of anilines is 2. The molecule has 9 heteroatoms. The van der Waals surface area contributed by atoms with Crippen molar-refractivity contribution in [1.29, 1.82) is 0 Å². The highest BCUT2D eigenvalue weighted by molar-refractivity contribution is 6.04. The first kappa shape index (κ1) is 18.6. The van der Waals surface area contributed by atoms with E-state index in [1.54, 1.807) is 12.3 Å². The SMILES string of the molecule is COc1ccc(C(=O)Nc2ccc(N3CCN(C)CC3)nc2)cc1[N+](=O)[O-]. The molecule has 0 saturated carbocycles. The maximum atomic E-state index is 12.4. The second-order valence-corrected chi connectivity index (χ2v) is 6.29. The van der Waals surface area contributed by atoms with Gasteiger partial charge in [0.05, 0.1) is 23.9 Å². The maximum absolute atomic E-state index is 12.4. The number of rotatable bonds is 5. The van der Waals surface area contributed by atoms with Gasteiger partial charge in [0.25, 0.3) is 5.91 Å². The smallest absolute Gasteiger partial charge is 0.311 e. The molecule has 2 aromatic rings. The minimum atomic E-state index is -0.581. The number of nitro groups is 1. The molecule has 0 bridgehead atoms. The Bertz CT molecular complexity index is 832. The standard InChI is InChI=1S/C18H21N5O4/c1-21-7-9-22(10-8-21)17-6-4-14(12-19-17)20-18(24)13-3-5-16(27-2)15(11-13)23(25)26/h3-6,11-12H,7-10H2,1-2H3,(H,20,24). The molecule has 1 amide bonds. The first-order valence-electron chi connectivity index (χ1n) is 8.51. The normalized spacial score (nSPS) is 14.7. The molecule has 27 heavy (non-hydrogen) atoms. The lowest BCUT2D eigenvalue weighted by Crippen LogP contribution is -2.44. The second-order valence-electron chi connectivity index (χ2n) is 6.29. The van der Waals surface area contributed by atoms with E-state index in [9.17, 15) is 14.9 Å². The molecule has 0 atom stereocenters. The summed E-state index contributed by atoms with van der Waals surface area (Å²) in [6, 6.07) is 7.71. The first-order valence-corrected chi connectivity index (χ1v) is 8.51. The van der Waals surface area contributed by atoms with Crippen molar-refractivity contribution in [3.05, 3.63) is 52.2 Å². The minimum Gasteiger partial charge on any atom is -0.490 e.